The predicted molar refractivity (Wildman–Crippen MR) is 80.4 cm³/mol. The Morgan fingerprint density at radius 1 is 1.00 bits per heavy atom. The first-order valence-electron chi connectivity index (χ1n) is 6.63. The van der Waals surface area contributed by atoms with Crippen LogP contribution in [0.3, 0.4) is 0 Å². The fourth-order valence-electron chi connectivity index (χ4n) is 2.85. The molecule has 0 aliphatic carbocycles. The van der Waals surface area contributed by atoms with Crippen molar-refractivity contribution in [2.75, 3.05) is 6.54 Å². The number of rotatable bonds is 3. The van der Waals surface area contributed by atoms with Gasteiger partial charge >= 0.3 is 0 Å². The Morgan fingerprint density at radius 3 is 2.42 bits per heavy atom. The molecule has 0 radical (unpaired) electrons. The van der Waals surface area contributed by atoms with Crippen LogP contribution in [0.15, 0.2) is 54.6 Å². The maximum Gasteiger partial charge on any atom is 0.0459 e. The molecule has 0 saturated heterocycles. The van der Waals surface area contributed by atoms with Crippen LogP contribution in [0.4, 0.5) is 0 Å². The van der Waals surface area contributed by atoms with Gasteiger partial charge in [-0.15, -0.1) is 0 Å². The largest absolute Gasteiger partial charge is 0.358 e. The van der Waals surface area contributed by atoms with Crippen molar-refractivity contribution in [2.24, 2.45) is 5.73 Å². The van der Waals surface area contributed by atoms with Crippen LogP contribution >= 0.6 is 0 Å². The summed E-state index contributed by atoms with van der Waals surface area (Å²) in [5.41, 5.74) is 11.0. The lowest BCUT2D eigenvalue weighted by atomic mass is 9.89. The molecule has 96 valence electrons. The van der Waals surface area contributed by atoms with Gasteiger partial charge in [0.2, 0.25) is 0 Å². The molecule has 3 rings (SSSR count). The van der Waals surface area contributed by atoms with Crippen LogP contribution in [-0.2, 0) is 0 Å². The highest BCUT2D eigenvalue weighted by atomic mass is 14.7. The molecule has 3 N–H and O–H groups in total. The lowest BCUT2D eigenvalue weighted by Crippen LogP contribution is -2.14. The Hall–Kier alpha value is -2.06. The molecule has 0 fully saturated rings. The number of H-pyrrole nitrogens is 1. The number of benzene rings is 2. The minimum absolute atomic E-state index is 0.248. The van der Waals surface area contributed by atoms with Gasteiger partial charge in [-0.3, -0.25) is 0 Å². The van der Waals surface area contributed by atoms with Gasteiger partial charge in [0.1, 0.15) is 0 Å². The Kier molecular flexibility index (Phi) is 3.10. The summed E-state index contributed by atoms with van der Waals surface area (Å²) in [6.07, 6.45) is 0. The van der Waals surface area contributed by atoms with Gasteiger partial charge in [-0.25, -0.2) is 0 Å². The topological polar surface area (TPSA) is 41.8 Å². The van der Waals surface area contributed by atoms with Crippen molar-refractivity contribution < 1.29 is 0 Å². The van der Waals surface area contributed by atoms with Gasteiger partial charge in [0, 0.05) is 29.1 Å². The Bertz CT molecular complexity index is 683. The highest BCUT2D eigenvalue weighted by Crippen LogP contribution is 2.32. The minimum atomic E-state index is 0.248. The predicted octanol–water partition coefficient (Wildman–Crippen LogP) is 3.57. The molecule has 2 nitrogen and oxygen atoms in total. The number of hydrogen-bond donors (Lipinski definition) is 2. The van der Waals surface area contributed by atoms with Gasteiger partial charge < -0.3 is 10.7 Å². The van der Waals surface area contributed by atoms with Crippen LogP contribution in [-0.4, -0.2) is 11.5 Å². The molecule has 0 bridgehead atoms. The van der Waals surface area contributed by atoms with E-state index in [1.165, 1.54) is 27.7 Å². The van der Waals surface area contributed by atoms with E-state index in [0.29, 0.717) is 6.54 Å². The fraction of sp³-hybridized carbons (Fsp3) is 0.176. The molecular formula is C17H18N2. The van der Waals surface area contributed by atoms with Gasteiger partial charge in [0.05, 0.1) is 0 Å². The molecule has 1 heterocycles. The number of para-hydroxylation sites is 1. The molecule has 0 amide bonds. The second-order valence-corrected chi connectivity index (χ2v) is 4.91. The first-order valence-corrected chi connectivity index (χ1v) is 6.63. The third kappa shape index (κ3) is 2.04. The standard InChI is InChI=1S/C17H18N2/c1-12-17(14-9-5-6-10-16(14)19-12)15(11-18)13-7-3-2-4-8-13/h2-10,15,19H,11,18H2,1H3/t15-/m0/s1. The smallest absolute Gasteiger partial charge is 0.0459 e. The molecule has 19 heavy (non-hydrogen) atoms. The van der Waals surface area contributed by atoms with E-state index in [1.807, 2.05) is 6.07 Å². The van der Waals surface area contributed by atoms with E-state index in [-0.39, 0.29) is 5.92 Å². The van der Waals surface area contributed by atoms with Gasteiger partial charge in [0.25, 0.3) is 0 Å². The van der Waals surface area contributed by atoms with Crippen LogP contribution in [0, 0.1) is 6.92 Å². The minimum Gasteiger partial charge on any atom is -0.358 e. The molecular weight excluding hydrogens is 232 g/mol. The molecule has 1 atom stereocenters. The number of nitrogens with two attached hydrogens (primary N) is 1. The van der Waals surface area contributed by atoms with Gasteiger partial charge in [-0.1, -0.05) is 48.5 Å². The molecule has 0 spiro atoms. The van der Waals surface area contributed by atoms with E-state index in [9.17, 15) is 0 Å². The zero-order valence-corrected chi connectivity index (χ0v) is 11.1. The van der Waals surface area contributed by atoms with Crippen molar-refractivity contribution in [1.29, 1.82) is 0 Å². The summed E-state index contributed by atoms with van der Waals surface area (Å²) in [6.45, 7) is 2.74. The van der Waals surface area contributed by atoms with E-state index in [1.54, 1.807) is 0 Å². The van der Waals surface area contributed by atoms with Crippen LogP contribution in [0.2, 0.25) is 0 Å². The zero-order valence-electron chi connectivity index (χ0n) is 11.1. The molecule has 0 aliphatic heterocycles. The maximum atomic E-state index is 6.04. The van der Waals surface area contributed by atoms with Crippen molar-refractivity contribution in [3.63, 3.8) is 0 Å². The maximum absolute atomic E-state index is 6.04. The average molecular weight is 250 g/mol. The number of nitrogens with one attached hydrogen (secondary N) is 1. The normalized spacial score (nSPS) is 12.7. The Balaban J connectivity index is 2.19. The van der Waals surface area contributed by atoms with Crippen LogP contribution in [0.1, 0.15) is 22.7 Å². The lowest BCUT2D eigenvalue weighted by molar-refractivity contribution is 0.817. The quantitative estimate of drug-likeness (QED) is 0.733. The third-order valence-electron chi connectivity index (χ3n) is 3.73. The second-order valence-electron chi connectivity index (χ2n) is 4.91. The zero-order chi connectivity index (χ0) is 13.2. The summed E-state index contributed by atoms with van der Waals surface area (Å²) >= 11 is 0. The molecule has 2 aromatic carbocycles. The van der Waals surface area contributed by atoms with Crippen molar-refractivity contribution >= 4 is 10.9 Å². The van der Waals surface area contributed by atoms with E-state index in [2.05, 4.69) is 60.4 Å². The monoisotopic (exact) mass is 250 g/mol. The molecule has 3 aromatic rings. The summed E-state index contributed by atoms with van der Waals surface area (Å²) in [5.74, 6) is 0.248. The summed E-state index contributed by atoms with van der Waals surface area (Å²) in [4.78, 5) is 3.46. The van der Waals surface area contributed by atoms with Crippen molar-refractivity contribution in [3.8, 4) is 0 Å². The summed E-state index contributed by atoms with van der Waals surface area (Å²) in [7, 11) is 0. The molecule has 2 heteroatoms. The van der Waals surface area contributed by atoms with Gasteiger partial charge in [-0.2, -0.15) is 0 Å². The van der Waals surface area contributed by atoms with E-state index >= 15 is 0 Å². The molecule has 0 aliphatic rings. The molecule has 0 saturated carbocycles. The first-order chi connectivity index (χ1) is 9.31. The van der Waals surface area contributed by atoms with Crippen LogP contribution in [0.25, 0.3) is 10.9 Å². The second kappa shape index (κ2) is 4.90. The summed E-state index contributed by atoms with van der Waals surface area (Å²) in [6, 6.07) is 18.9. The Labute approximate surface area is 113 Å². The Morgan fingerprint density at radius 2 is 1.68 bits per heavy atom. The molecule has 0 unspecified atom stereocenters. The number of fused-ring (bicyclic) bond motifs is 1. The number of aromatic nitrogens is 1. The highest BCUT2D eigenvalue weighted by Gasteiger charge is 2.18. The average Bonchev–Trinajstić information content (AvgIpc) is 2.78. The first kappa shape index (κ1) is 12.0. The van der Waals surface area contributed by atoms with E-state index in [0.717, 1.165) is 0 Å². The fourth-order valence-corrected chi connectivity index (χ4v) is 2.85. The number of aromatic amines is 1. The van der Waals surface area contributed by atoms with Crippen molar-refractivity contribution in [1.82, 2.24) is 4.98 Å². The SMILES string of the molecule is Cc1[nH]c2ccccc2c1[C@@H](CN)c1ccccc1. The molecule has 1 aromatic heterocycles. The van der Waals surface area contributed by atoms with Crippen molar-refractivity contribution in [2.45, 2.75) is 12.8 Å². The van der Waals surface area contributed by atoms with E-state index < -0.39 is 0 Å². The van der Waals surface area contributed by atoms with E-state index in [4.69, 9.17) is 5.73 Å². The van der Waals surface area contributed by atoms with Gasteiger partial charge in [0.15, 0.2) is 0 Å². The summed E-state index contributed by atoms with van der Waals surface area (Å²) < 4.78 is 0. The number of hydrogen-bond acceptors (Lipinski definition) is 1. The highest BCUT2D eigenvalue weighted by molar-refractivity contribution is 5.85. The van der Waals surface area contributed by atoms with Crippen molar-refractivity contribution in [3.05, 3.63) is 71.4 Å². The summed E-state index contributed by atoms with van der Waals surface area (Å²) in [5, 5.41) is 1.28. The third-order valence-corrected chi connectivity index (χ3v) is 3.73. The lowest BCUT2D eigenvalue weighted by Gasteiger charge is -2.16. The number of aryl methyl sites for hydroxylation is 1. The van der Waals surface area contributed by atoms with Crippen LogP contribution in [0.5, 0.6) is 0 Å². The van der Waals surface area contributed by atoms with Crippen LogP contribution < -0.4 is 5.73 Å². The van der Waals surface area contributed by atoms with Gasteiger partial charge in [-0.05, 0) is 24.1 Å².